The van der Waals surface area contributed by atoms with Gasteiger partial charge in [0.1, 0.15) is 0 Å². The first-order chi connectivity index (χ1) is 9.38. The zero-order chi connectivity index (χ0) is 17.6. The Hall–Kier alpha value is -1.85. The Morgan fingerprint density at radius 3 is 0.500 bits per heavy atom. The van der Waals surface area contributed by atoms with E-state index in [-0.39, 0.29) is 51.8 Å². The van der Waals surface area contributed by atoms with Crippen molar-refractivity contribution in [3.63, 3.8) is 0 Å². The minimum atomic E-state index is -0.187. The summed E-state index contributed by atoms with van der Waals surface area (Å²) in [6.07, 6.45) is 3.17. The molecule has 0 aromatic carbocycles. The van der Waals surface area contributed by atoms with Crippen LogP contribution in [0.25, 0.3) is 0 Å². The van der Waals surface area contributed by atoms with E-state index in [0.717, 1.165) is 19.3 Å². The minimum absolute atomic E-state index is 0. The maximum Gasteiger partial charge on any atom is 3.00 e. The summed E-state index contributed by atoms with van der Waals surface area (Å²) in [5.41, 5.74) is 0. The molecule has 0 rings (SSSR count). The third-order valence-corrected chi connectivity index (χ3v) is 1.22. The molecule has 0 aromatic heterocycles. The fourth-order valence-corrected chi connectivity index (χ4v) is 0.859. The molecule has 0 bridgehead atoms. The summed E-state index contributed by atoms with van der Waals surface area (Å²) in [7, 11) is 0. The van der Waals surface area contributed by atoms with E-state index < -0.39 is 0 Å². The van der Waals surface area contributed by atoms with Crippen molar-refractivity contribution >= 4 is 34.7 Å². The molecular formula is C15H21MnO6. The molecule has 0 amide bonds. The number of rotatable bonds is 6. The first kappa shape index (κ1) is 28.3. The summed E-state index contributed by atoms with van der Waals surface area (Å²) in [6.45, 7) is 8.09. The van der Waals surface area contributed by atoms with E-state index in [4.69, 9.17) is 0 Å². The molecule has 0 spiro atoms. The third-order valence-electron chi connectivity index (χ3n) is 1.22. The van der Waals surface area contributed by atoms with Crippen LogP contribution in [0.5, 0.6) is 0 Å². The SMILES string of the molecule is CC(=O)[CH-]C(C)=O.CC(=O)[CH-]C(C)=O.CC(=O)[CH-]C(C)=O.[Mn+3]. The van der Waals surface area contributed by atoms with Gasteiger partial charge in [-0.2, -0.15) is 0 Å². The number of carbonyl (C=O) groups is 6. The molecule has 0 atom stereocenters. The van der Waals surface area contributed by atoms with Gasteiger partial charge in [0, 0.05) is 34.7 Å². The van der Waals surface area contributed by atoms with Crippen molar-refractivity contribution < 1.29 is 45.8 Å². The normalized spacial score (nSPS) is 7.36. The average Bonchev–Trinajstić information content (AvgIpc) is 2.10. The molecule has 0 aliphatic heterocycles. The second-order valence-electron chi connectivity index (χ2n) is 4.10. The second-order valence-corrected chi connectivity index (χ2v) is 4.10. The van der Waals surface area contributed by atoms with Gasteiger partial charge in [-0.3, -0.25) is 19.3 Å². The fraction of sp³-hybridized carbons (Fsp3) is 0.400. The molecule has 0 saturated carbocycles. The van der Waals surface area contributed by atoms with Gasteiger partial charge >= 0.3 is 17.1 Å². The second kappa shape index (κ2) is 17.2. The zero-order valence-electron chi connectivity index (χ0n) is 13.6. The van der Waals surface area contributed by atoms with Crippen molar-refractivity contribution in [2.24, 2.45) is 0 Å². The largest absolute Gasteiger partial charge is 3.00 e. The Kier molecular flexibility index (Phi) is 22.2. The summed E-state index contributed by atoms with van der Waals surface area (Å²) in [4.78, 5) is 59.9. The monoisotopic (exact) mass is 352 g/mol. The van der Waals surface area contributed by atoms with Crippen LogP contribution in [0.2, 0.25) is 0 Å². The third kappa shape index (κ3) is 51.8. The molecule has 0 radical (unpaired) electrons. The Balaban J connectivity index is -0.000000108. The van der Waals surface area contributed by atoms with E-state index in [1.165, 1.54) is 41.5 Å². The van der Waals surface area contributed by atoms with Gasteiger partial charge in [0.15, 0.2) is 0 Å². The summed E-state index contributed by atoms with van der Waals surface area (Å²) >= 11 is 0. The van der Waals surface area contributed by atoms with Crippen molar-refractivity contribution in [3.05, 3.63) is 19.3 Å². The van der Waals surface area contributed by atoms with Crippen LogP contribution in [0.3, 0.4) is 0 Å². The number of hydrogen-bond acceptors (Lipinski definition) is 6. The van der Waals surface area contributed by atoms with Crippen molar-refractivity contribution in [1.29, 1.82) is 0 Å². The molecular weight excluding hydrogens is 331 g/mol. The van der Waals surface area contributed by atoms with Gasteiger partial charge in [-0.25, -0.2) is 0 Å². The molecule has 7 heteroatoms. The summed E-state index contributed by atoms with van der Waals surface area (Å²) in [5, 5.41) is 0. The fourth-order valence-electron chi connectivity index (χ4n) is 0.859. The molecule has 0 N–H and O–H groups in total. The van der Waals surface area contributed by atoms with E-state index in [1.54, 1.807) is 0 Å². The predicted molar refractivity (Wildman–Crippen MR) is 77.0 cm³/mol. The Morgan fingerprint density at radius 1 is 0.409 bits per heavy atom. The van der Waals surface area contributed by atoms with Crippen molar-refractivity contribution in [2.75, 3.05) is 0 Å². The average molecular weight is 352 g/mol. The van der Waals surface area contributed by atoms with Crippen LogP contribution in [0.15, 0.2) is 0 Å². The Labute approximate surface area is 141 Å². The first-order valence-corrected chi connectivity index (χ1v) is 5.96. The number of carbonyl (C=O) groups excluding carboxylic acids is 6. The van der Waals surface area contributed by atoms with Gasteiger partial charge in [0.2, 0.25) is 0 Å². The Morgan fingerprint density at radius 2 is 0.500 bits per heavy atom. The standard InChI is InChI=1S/3C5H7O2.Mn/c3*1-4(6)3-5(2)7;/h3*3H,1-2H3;/q3*-1;+3. The van der Waals surface area contributed by atoms with Crippen molar-refractivity contribution in [2.45, 2.75) is 41.5 Å². The number of ketones is 6. The van der Waals surface area contributed by atoms with Gasteiger partial charge in [0.25, 0.3) is 0 Å². The van der Waals surface area contributed by atoms with Crippen molar-refractivity contribution in [3.8, 4) is 0 Å². The summed E-state index contributed by atoms with van der Waals surface area (Å²) < 4.78 is 0. The molecule has 0 aliphatic carbocycles. The molecule has 0 aromatic rings. The number of Topliss-reactive ketones (excluding diaryl/α,β-unsaturated/α-hetero) is 6. The molecule has 22 heavy (non-hydrogen) atoms. The van der Waals surface area contributed by atoms with Gasteiger partial charge in [-0.05, 0) is 41.5 Å². The first-order valence-electron chi connectivity index (χ1n) is 5.96. The van der Waals surface area contributed by atoms with Crippen LogP contribution in [-0.2, 0) is 45.8 Å². The maximum atomic E-state index is 9.98. The van der Waals surface area contributed by atoms with E-state index in [1.807, 2.05) is 0 Å². The van der Waals surface area contributed by atoms with E-state index in [9.17, 15) is 28.8 Å². The van der Waals surface area contributed by atoms with Crippen LogP contribution in [0.1, 0.15) is 41.5 Å². The molecule has 0 unspecified atom stereocenters. The topological polar surface area (TPSA) is 102 Å². The Bertz CT molecular complexity index is 314. The van der Waals surface area contributed by atoms with Gasteiger partial charge < -0.3 is 28.8 Å². The molecule has 0 fully saturated rings. The van der Waals surface area contributed by atoms with Crippen LogP contribution in [0, 0.1) is 19.3 Å². The van der Waals surface area contributed by atoms with Gasteiger partial charge in [-0.15, -0.1) is 0 Å². The molecule has 0 aliphatic rings. The minimum Gasteiger partial charge on any atom is -0.334 e. The van der Waals surface area contributed by atoms with E-state index in [0.29, 0.717) is 0 Å². The van der Waals surface area contributed by atoms with Gasteiger partial charge in [-0.1, -0.05) is 0 Å². The summed E-state index contributed by atoms with van der Waals surface area (Å²) in [5.74, 6) is -1.12. The van der Waals surface area contributed by atoms with Crippen LogP contribution in [-0.4, -0.2) is 34.7 Å². The molecule has 6 nitrogen and oxygen atoms in total. The molecule has 124 valence electrons. The van der Waals surface area contributed by atoms with Crippen LogP contribution in [0.4, 0.5) is 0 Å². The van der Waals surface area contributed by atoms with Crippen LogP contribution < -0.4 is 0 Å². The number of hydrogen-bond donors (Lipinski definition) is 0. The van der Waals surface area contributed by atoms with E-state index >= 15 is 0 Å². The molecule has 0 heterocycles. The maximum absolute atomic E-state index is 9.98. The summed E-state index contributed by atoms with van der Waals surface area (Å²) in [6, 6.07) is 0. The smallest absolute Gasteiger partial charge is 0.334 e. The van der Waals surface area contributed by atoms with Gasteiger partial charge in [0.05, 0.1) is 0 Å². The predicted octanol–water partition coefficient (Wildman–Crippen LogP) is 1.10. The van der Waals surface area contributed by atoms with E-state index in [2.05, 4.69) is 0 Å². The van der Waals surface area contributed by atoms with Crippen LogP contribution >= 0.6 is 0 Å². The zero-order valence-corrected chi connectivity index (χ0v) is 14.7. The molecule has 0 saturated heterocycles. The van der Waals surface area contributed by atoms with Crippen molar-refractivity contribution in [1.82, 2.24) is 0 Å². The quantitative estimate of drug-likeness (QED) is 0.403.